The van der Waals surface area contributed by atoms with Gasteiger partial charge in [0.15, 0.2) is 0 Å². The Morgan fingerprint density at radius 3 is 2.68 bits per heavy atom. The van der Waals surface area contributed by atoms with E-state index in [1.807, 2.05) is 0 Å². The number of hydrogen-bond donors (Lipinski definition) is 3. The number of hydrogen-bond acceptors (Lipinski definition) is 3. The van der Waals surface area contributed by atoms with Crippen LogP contribution in [0.2, 0.25) is 5.02 Å². The van der Waals surface area contributed by atoms with Crippen LogP contribution in [0.15, 0.2) is 42.5 Å². The van der Waals surface area contributed by atoms with E-state index in [1.54, 1.807) is 36.4 Å². The Balaban J connectivity index is 2.23. The highest BCUT2D eigenvalue weighted by molar-refractivity contribution is 6.33. The molecule has 0 heterocycles. The Hall–Kier alpha value is -2.04. The number of nitrogens with one attached hydrogen (secondary N) is 1. The molecule has 0 spiro atoms. The van der Waals surface area contributed by atoms with E-state index in [9.17, 15) is 9.90 Å². The molecule has 19 heavy (non-hydrogen) atoms. The molecule has 0 aliphatic rings. The zero-order valence-electron chi connectivity index (χ0n) is 10.1. The maximum Gasteiger partial charge on any atom is 0.255 e. The normalized spacial score (nSPS) is 10.2. The molecule has 0 fully saturated rings. The van der Waals surface area contributed by atoms with Crippen LogP contribution < -0.4 is 11.1 Å². The molecule has 0 bridgehead atoms. The first kappa shape index (κ1) is 13.4. The molecule has 0 unspecified atom stereocenters. The van der Waals surface area contributed by atoms with Crippen molar-refractivity contribution in [3.8, 4) is 0 Å². The summed E-state index contributed by atoms with van der Waals surface area (Å²) in [6, 6.07) is 11.7. The number of amides is 1. The Morgan fingerprint density at radius 1 is 1.26 bits per heavy atom. The van der Waals surface area contributed by atoms with Crippen molar-refractivity contribution in [3.63, 3.8) is 0 Å². The second kappa shape index (κ2) is 5.73. The second-order valence-electron chi connectivity index (χ2n) is 4.01. The molecule has 0 radical (unpaired) electrons. The Bertz CT molecular complexity index is 614. The summed E-state index contributed by atoms with van der Waals surface area (Å²) in [4.78, 5) is 12.1. The van der Waals surface area contributed by atoms with E-state index >= 15 is 0 Å². The maximum atomic E-state index is 12.1. The number of carbonyl (C=O) groups is 1. The number of halogens is 1. The molecular formula is C14H13ClN2O2. The number of carbonyl (C=O) groups excluding carboxylic acids is 1. The van der Waals surface area contributed by atoms with E-state index < -0.39 is 0 Å². The SMILES string of the molecule is Nc1ccc(C(=O)Nc2ccccc2CO)cc1Cl. The van der Waals surface area contributed by atoms with Gasteiger partial charge >= 0.3 is 0 Å². The van der Waals surface area contributed by atoms with Gasteiger partial charge in [0.25, 0.3) is 5.91 Å². The summed E-state index contributed by atoms with van der Waals surface area (Å²) in [6.45, 7) is -0.140. The van der Waals surface area contributed by atoms with E-state index in [2.05, 4.69) is 5.32 Å². The van der Waals surface area contributed by atoms with Crippen LogP contribution in [0.1, 0.15) is 15.9 Å². The summed E-state index contributed by atoms with van der Waals surface area (Å²) in [5, 5.41) is 12.3. The van der Waals surface area contributed by atoms with Crippen LogP contribution in [0, 0.1) is 0 Å². The number of aliphatic hydroxyl groups is 1. The molecule has 2 aromatic rings. The number of para-hydroxylation sites is 1. The minimum Gasteiger partial charge on any atom is -0.398 e. The van der Waals surface area contributed by atoms with Crippen molar-refractivity contribution in [1.82, 2.24) is 0 Å². The standard InChI is InChI=1S/C14H13ClN2O2/c15-11-7-9(5-6-12(11)16)14(19)17-13-4-2-1-3-10(13)8-18/h1-7,18H,8,16H2,(H,17,19). The number of aliphatic hydroxyl groups excluding tert-OH is 1. The molecule has 0 atom stereocenters. The fraction of sp³-hybridized carbons (Fsp3) is 0.0714. The first-order valence-corrected chi connectivity index (χ1v) is 6.04. The molecule has 98 valence electrons. The van der Waals surface area contributed by atoms with E-state index in [-0.39, 0.29) is 12.5 Å². The summed E-state index contributed by atoms with van der Waals surface area (Å²) in [5.74, 6) is -0.303. The van der Waals surface area contributed by atoms with Gasteiger partial charge in [-0.3, -0.25) is 4.79 Å². The summed E-state index contributed by atoms with van der Waals surface area (Å²) >= 11 is 5.87. The number of nitrogens with two attached hydrogens (primary N) is 1. The van der Waals surface area contributed by atoms with Gasteiger partial charge in [-0.1, -0.05) is 29.8 Å². The fourth-order valence-electron chi connectivity index (χ4n) is 1.64. The van der Waals surface area contributed by atoms with Gasteiger partial charge in [-0.25, -0.2) is 0 Å². The average Bonchev–Trinajstić information content (AvgIpc) is 2.42. The number of anilines is 2. The van der Waals surface area contributed by atoms with Crippen LogP contribution in [-0.4, -0.2) is 11.0 Å². The smallest absolute Gasteiger partial charge is 0.255 e. The lowest BCUT2D eigenvalue weighted by molar-refractivity contribution is 0.102. The van der Waals surface area contributed by atoms with Crippen LogP contribution in [0.5, 0.6) is 0 Å². The van der Waals surface area contributed by atoms with E-state index in [0.717, 1.165) is 0 Å². The van der Waals surface area contributed by atoms with E-state index in [1.165, 1.54) is 6.07 Å². The average molecular weight is 277 g/mol. The van der Waals surface area contributed by atoms with Gasteiger partial charge < -0.3 is 16.2 Å². The summed E-state index contributed by atoms with van der Waals surface area (Å²) < 4.78 is 0. The Labute approximate surface area is 115 Å². The molecule has 0 saturated heterocycles. The molecule has 0 aliphatic carbocycles. The molecule has 2 aromatic carbocycles. The van der Waals surface area contributed by atoms with Gasteiger partial charge in [-0.05, 0) is 24.3 Å². The Morgan fingerprint density at radius 2 is 2.00 bits per heavy atom. The maximum absolute atomic E-state index is 12.1. The molecule has 0 aromatic heterocycles. The van der Waals surface area contributed by atoms with Crippen LogP contribution >= 0.6 is 11.6 Å². The third-order valence-corrected chi connectivity index (χ3v) is 3.03. The van der Waals surface area contributed by atoms with E-state index in [4.69, 9.17) is 17.3 Å². The van der Waals surface area contributed by atoms with Crippen molar-refractivity contribution in [1.29, 1.82) is 0 Å². The van der Waals surface area contributed by atoms with Gasteiger partial charge in [-0.15, -0.1) is 0 Å². The molecule has 0 aliphatic heterocycles. The van der Waals surface area contributed by atoms with Crippen molar-refractivity contribution in [2.24, 2.45) is 0 Å². The molecule has 0 saturated carbocycles. The van der Waals surface area contributed by atoms with E-state index in [0.29, 0.717) is 27.5 Å². The van der Waals surface area contributed by atoms with Crippen LogP contribution in [0.3, 0.4) is 0 Å². The highest BCUT2D eigenvalue weighted by atomic mass is 35.5. The van der Waals surface area contributed by atoms with Crippen molar-refractivity contribution >= 4 is 28.9 Å². The molecule has 1 amide bonds. The van der Waals surface area contributed by atoms with Crippen LogP contribution in [0.4, 0.5) is 11.4 Å². The third kappa shape index (κ3) is 3.05. The quantitative estimate of drug-likeness (QED) is 0.755. The highest BCUT2D eigenvalue weighted by Crippen LogP contribution is 2.21. The first-order valence-electron chi connectivity index (χ1n) is 5.67. The predicted octanol–water partition coefficient (Wildman–Crippen LogP) is 2.67. The van der Waals surface area contributed by atoms with Gasteiger partial charge in [0.05, 0.1) is 17.3 Å². The summed E-state index contributed by atoms with van der Waals surface area (Å²) in [7, 11) is 0. The molecule has 2 rings (SSSR count). The van der Waals surface area contributed by atoms with Gasteiger partial charge in [-0.2, -0.15) is 0 Å². The number of nitrogen functional groups attached to an aromatic ring is 1. The zero-order chi connectivity index (χ0) is 13.8. The minimum atomic E-state index is -0.303. The Kier molecular flexibility index (Phi) is 4.04. The van der Waals surface area contributed by atoms with Crippen molar-refractivity contribution in [3.05, 3.63) is 58.6 Å². The van der Waals surface area contributed by atoms with Crippen molar-refractivity contribution < 1.29 is 9.90 Å². The predicted molar refractivity (Wildman–Crippen MR) is 76.2 cm³/mol. The zero-order valence-corrected chi connectivity index (χ0v) is 10.8. The number of benzene rings is 2. The van der Waals surface area contributed by atoms with Gasteiger partial charge in [0.1, 0.15) is 0 Å². The third-order valence-electron chi connectivity index (χ3n) is 2.70. The number of rotatable bonds is 3. The van der Waals surface area contributed by atoms with Crippen molar-refractivity contribution in [2.75, 3.05) is 11.1 Å². The lowest BCUT2D eigenvalue weighted by Crippen LogP contribution is -2.13. The highest BCUT2D eigenvalue weighted by Gasteiger charge is 2.09. The van der Waals surface area contributed by atoms with Crippen molar-refractivity contribution in [2.45, 2.75) is 6.61 Å². The van der Waals surface area contributed by atoms with Crippen LogP contribution in [-0.2, 0) is 6.61 Å². The molecule has 5 heteroatoms. The van der Waals surface area contributed by atoms with Gasteiger partial charge in [0, 0.05) is 16.8 Å². The lowest BCUT2D eigenvalue weighted by atomic mass is 10.1. The lowest BCUT2D eigenvalue weighted by Gasteiger charge is -2.09. The fourth-order valence-corrected chi connectivity index (χ4v) is 1.82. The molecule has 4 N–H and O–H groups in total. The first-order chi connectivity index (χ1) is 9.11. The largest absolute Gasteiger partial charge is 0.398 e. The summed E-state index contributed by atoms with van der Waals surface area (Å²) in [5.41, 5.74) is 7.65. The monoisotopic (exact) mass is 276 g/mol. The summed E-state index contributed by atoms with van der Waals surface area (Å²) in [6.07, 6.45) is 0. The van der Waals surface area contributed by atoms with Gasteiger partial charge in [0.2, 0.25) is 0 Å². The second-order valence-corrected chi connectivity index (χ2v) is 4.41. The minimum absolute atomic E-state index is 0.140. The molecular weight excluding hydrogens is 264 g/mol. The van der Waals surface area contributed by atoms with Crippen LogP contribution in [0.25, 0.3) is 0 Å². The topological polar surface area (TPSA) is 75.4 Å². The molecule has 4 nitrogen and oxygen atoms in total.